The van der Waals surface area contributed by atoms with E-state index in [1.165, 1.54) is 0 Å². The second-order valence-corrected chi connectivity index (χ2v) is 6.12. The van der Waals surface area contributed by atoms with Gasteiger partial charge in [-0.2, -0.15) is 0 Å². The summed E-state index contributed by atoms with van der Waals surface area (Å²) in [5, 5.41) is 0. The van der Waals surface area contributed by atoms with Gasteiger partial charge in [-0.05, 0) is 36.2 Å². The summed E-state index contributed by atoms with van der Waals surface area (Å²) in [5.41, 5.74) is 5.65. The molecular formula is C20H22N2O6. The Balaban J connectivity index is 1.46. The number of rotatable bonds is 6. The van der Waals surface area contributed by atoms with Crippen LogP contribution in [-0.2, 0) is 16.0 Å². The molecule has 2 aromatic rings. The number of para-hydroxylation sites is 2. The van der Waals surface area contributed by atoms with Crippen LogP contribution in [0.25, 0.3) is 0 Å². The van der Waals surface area contributed by atoms with Crippen LogP contribution >= 0.6 is 0 Å². The Morgan fingerprint density at radius 3 is 2.39 bits per heavy atom. The molecule has 3 rings (SSSR count). The van der Waals surface area contributed by atoms with Gasteiger partial charge in [0.05, 0.1) is 14.2 Å². The second-order valence-electron chi connectivity index (χ2n) is 6.12. The lowest BCUT2D eigenvalue weighted by atomic mass is 10.1. The highest BCUT2D eigenvalue weighted by Gasteiger charge is 2.27. The number of carbonyl (C=O) groups excluding carboxylic acids is 2. The zero-order valence-electron chi connectivity index (χ0n) is 15.7. The number of carbonyl (C=O) groups is 2. The van der Waals surface area contributed by atoms with Crippen molar-refractivity contribution in [2.45, 2.75) is 18.9 Å². The number of amides is 2. The SMILES string of the molecule is COc1cc(CCC(=O)NNC(=O)[C@H]2COc3ccccc3O2)cc(OC)c1. The summed E-state index contributed by atoms with van der Waals surface area (Å²) in [6.07, 6.45) is -0.189. The van der Waals surface area contributed by atoms with Crippen LogP contribution in [0.5, 0.6) is 23.0 Å². The summed E-state index contributed by atoms with van der Waals surface area (Å²) in [7, 11) is 3.13. The highest BCUT2D eigenvalue weighted by Crippen LogP contribution is 2.30. The van der Waals surface area contributed by atoms with E-state index in [2.05, 4.69) is 10.9 Å². The summed E-state index contributed by atoms with van der Waals surface area (Å²) < 4.78 is 21.5. The third-order valence-electron chi connectivity index (χ3n) is 4.18. The molecule has 0 aliphatic carbocycles. The number of fused-ring (bicyclic) bond motifs is 1. The van der Waals surface area contributed by atoms with Crippen LogP contribution in [0.2, 0.25) is 0 Å². The summed E-state index contributed by atoms with van der Waals surface area (Å²) in [5.74, 6) is 1.57. The molecule has 0 bridgehead atoms. The van der Waals surface area contributed by atoms with Gasteiger partial charge in [0.25, 0.3) is 5.91 Å². The van der Waals surface area contributed by atoms with Gasteiger partial charge in [0.1, 0.15) is 18.1 Å². The monoisotopic (exact) mass is 386 g/mol. The fraction of sp³-hybridized carbons (Fsp3) is 0.300. The molecule has 0 unspecified atom stereocenters. The normalized spacial score (nSPS) is 14.7. The summed E-state index contributed by atoms with van der Waals surface area (Å²) >= 11 is 0. The number of hydrazine groups is 1. The van der Waals surface area contributed by atoms with Gasteiger partial charge in [0, 0.05) is 12.5 Å². The van der Waals surface area contributed by atoms with Crippen LogP contribution in [0.4, 0.5) is 0 Å². The smallest absolute Gasteiger partial charge is 0.283 e. The van der Waals surface area contributed by atoms with Crippen molar-refractivity contribution in [3.8, 4) is 23.0 Å². The van der Waals surface area contributed by atoms with E-state index in [0.29, 0.717) is 29.4 Å². The van der Waals surface area contributed by atoms with Gasteiger partial charge in [0.2, 0.25) is 12.0 Å². The Morgan fingerprint density at radius 2 is 1.71 bits per heavy atom. The molecule has 1 heterocycles. The van der Waals surface area contributed by atoms with Crippen molar-refractivity contribution in [3.05, 3.63) is 48.0 Å². The van der Waals surface area contributed by atoms with Crippen LogP contribution < -0.4 is 29.8 Å². The number of methoxy groups -OCH3 is 2. The van der Waals surface area contributed by atoms with Crippen LogP contribution in [0.1, 0.15) is 12.0 Å². The molecule has 2 N–H and O–H groups in total. The molecule has 8 heteroatoms. The molecule has 148 valence electrons. The number of benzene rings is 2. The van der Waals surface area contributed by atoms with Gasteiger partial charge in [-0.25, -0.2) is 0 Å². The Kier molecular flexibility index (Phi) is 6.21. The van der Waals surface area contributed by atoms with Crippen molar-refractivity contribution in [2.75, 3.05) is 20.8 Å². The fourth-order valence-electron chi connectivity index (χ4n) is 2.69. The van der Waals surface area contributed by atoms with Gasteiger partial charge in [-0.1, -0.05) is 12.1 Å². The molecule has 1 aliphatic rings. The molecule has 2 amide bonds. The molecular weight excluding hydrogens is 364 g/mol. The minimum absolute atomic E-state index is 0.0717. The molecule has 1 aliphatic heterocycles. The third kappa shape index (κ3) is 4.85. The van der Waals surface area contributed by atoms with E-state index >= 15 is 0 Å². The topological polar surface area (TPSA) is 95.1 Å². The Labute approximate surface area is 162 Å². The zero-order valence-corrected chi connectivity index (χ0v) is 15.7. The Bertz CT molecular complexity index is 832. The number of aryl methyl sites for hydroxylation is 1. The Hall–Kier alpha value is -3.42. The van der Waals surface area contributed by atoms with E-state index in [-0.39, 0.29) is 18.9 Å². The first kappa shape index (κ1) is 19.3. The van der Waals surface area contributed by atoms with Crippen LogP contribution in [-0.4, -0.2) is 38.7 Å². The number of nitrogens with one attached hydrogen (secondary N) is 2. The van der Waals surface area contributed by atoms with Crippen molar-refractivity contribution in [3.63, 3.8) is 0 Å². The van der Waals surface area contributed by atoms with E-state index in [1.54, 1.807) is 38.5 Å². The van der Waals surface area contributed by atoms with Crippen molar-refractivity contribution in [2.24, 2.45) is 0 Å². The lowest BCUT2D eigenvalue weighted by molar-refractivity contribution is -0.135. The molecule has 0 saturated carbocycles. The van der Waals surface area contributed by atoms with E-state index < -0.39 is 12.0 Å². The highest BCUT2D eigenvalue weighted by atomic mass is 16.6. The summed E-state index contributed by atoms with van der Waals surface area (Å²) in [6.45, 7) is 0.0717. The van der Waals surface area contributed by atoms with Crippen molar-refractivity contribution in [1.29, 1.82) is 0 Å². The minimum atomic E-state index is -0.835. The van der Waals surface area contributed by atoms with E-state index in [4.69, 9.17) is 18.9 Å². The van der Waals surface area contributed by atoms with Gasteiger partial charge in [-0.3, -0.25) is 20.4 Å². The van der Waals surface area contributed by atoms with Crippen molar-refractivity contribution in [1.82, 2.24) is 10.9 Å². The average molecular weight is 386 g/mol. The lowest BCUT2D eigenvalue weighted by Crippen LogP contribution is -2.50. The first-order valence-electron chi connectivity index (χ1n) is 8.78. The van der Waals surface area contributed by atoms with Gasteiger partial charge < -0.3 is 18.9 Å². The first-order valence-corrected chi connectivity index (χ1v) is 8.78. The average Bonchev–Trinajstić information content (AvgIpc) is 2.75. The molecule has 1 atom stereocenters. The van der Waals surface area contributed by atoms with Crippen LogP contribution in [0.3, 0.4) is 0 Å². The van der Waals surface area contributed by atoms with E-state index in [1.807, 2.05) is 18.2 Å². The quantitative estimate of drug-likeness (QED) is 0.733. The predicted molar refractivity (Wildman–Crippen MR) is 101 cm³/mol. The van der Waals surface area contributed by atoms with Crippen molar-refractivity contribution >= 4 is 11.8 Å². The van der Waals surface area contributed by atoms with Crippen molar-refractivity contribution < 1.29 is 28.5 Å². The van der Waals surface area contributed by atoms with Gasteiger partial charge in [0.15, 0.2) is 11.5 Å². The molecule has 0 spiro atoms. The summed E-state index contributed by atoms with van der Waals surface area (Å²) in [6, 6.07) is 12.5. The molecule has 0 fully saturated rings. The van der Waals surface area contributed by atoms with E-state index in [9.17, 15) is 9.59 Å². The third-order valence-corrected chi connectivity index (χ3v) is 4.18. The molecule has 0 aromatic heterocycles. The zero-order chi connectivity index (χ0) is 19.9. The Morgan fingerprint density at radius 1 is 1.04 bits per heavy atom. The number of ether oxygens (including phenoxy) is 4. The predicted octanol–water partition coefficient (Wildman–Crippen LogP) is 1.62. The largest absolute Gasteiger partial charge is 0.497 e. The maximum Gasteiger partial charge on any atom is 0.283 e. The summed E-state index contributed by atoms with van der Waals surface area (Å²) in [4.78, 5) is 24.2. The molecule has 0 radical (unpaired) electrons. The lowest BCUT2D eigenvalue weighted by Gasteiger charge is -2.25. The molecule has 0 saturated heterocycles. The molecule has 2 aromatic carbocycles. The van der Waals surface area contributed by atoms with Gasteiger partial charge in [-0.15, -0.1) is 0 Å². The maximum absolute atomic E-state index is 12.2. The van der Waals surface area contributed by atoms with Gasteiger partial charge >= 0.3 is 0 Å². The fourth-order valence-corrected chi connectivity index (χ4v) is 2.69. The van der Waals surface area contributed by atoms with Crippen LogP contribution in [0.15, 0.2) is 42.5 Å². The minimum Gasteiger partial charge on any atom is -0.497 e. The standard InChI is InChI=1S/C20H22N2O6/c1-25-14-9-13(10-15(11-14)26-2)7-8-19(23)21-22-20(24)18-12-27-16-5-3-4-6-17(16)28-18/h3-6,9-11,18H,7-8,12H2,1-2H3,(H,21,23)(H,22,24)/t18-/m1/s1. The van der Waals surface area contributed by atoms with Crippen LogP contribution in [0, 0.1) is 0 Å². The number of hydrogen-bond donors (Lipinski definition) is 2. The maximum atomic E-state index is 12.2. The molecule has 8 nitrogen and oxygen atoms in total. The highest BCUT2D eigenvalue weighted by molar-refractivity contribution is 5.85. The first-order chi connectivity index (χ1) is 13.6. The van der Waals surface area contributed by atoms with E-state index in [0.717, 1.165) is 5.56 Å². The number of hydrogen-bond acceptors (Lipinski definition) is 6. The molecule has 28 heavy (non-hydrogen) atoms. The second kappa shape index (κ2) is 8.98.